The molecule has 90 valence electrons. The second-order valence-electron chi connectivity index (χ2n) is 3.58. The average Bonchev–Trinajstić information content (AvgIpc) is 2.85. The SMILES string of the molecule is O=c1[nH]c(-c2ccon2)nc2cc(F)c(F)cc12. The summed E-state index contributed by atoms with van der Waals surface area (Å²) in [4.78, 5) is 18.1. The van der Waals surface area contributed by atoms with Crippen molar-refractivity contribution in [3.05, 3.63) is 46.5 Å². The van der Waals surface area contributed by atoms with Gasteiger partial charge in [0.25, 0.3) is 5.56 Å². The first-order valence-electron chi connectivity index (χ1n) is 4.95. The average molecular weight is 249 g/mol. The van der Waals surface area contributed by atoms with E-state index in [-0.39, 0.29) is 16.7 Å². The highest BCUT2D eigenvalue weighted by atomic mass is 19.2. The summed E-state index contributed by atoms with van der Waals surface area (Å²) in [6.07, 6.45) is 1.31. The molecule has 0 saturated carbocycles. The van der Waals surface area contributed by atoms with E-state index in [2.05, 4.69) is 19.6 Å². The summed E-state index contributed by atoms with van der Waals surface area (Å²) in [7, 11) is 0. The standard InChI is InChI=1S/C11H5F2N3O2/c12-6-3-5-9(4-7(6)13)14-10(15-11(5)17)8-1-2-18-16-8/h1-4H,(H,14,15,17). The molecule has 0 bridgehead atoms. The summed E-state index contributed by atoms with van der Waals surface area (Å²) in [5.41, 5.74) is -0.216. The lowest BCUT2D eigenvalue weighted by Crippen LogP contribution is -2.10. The van der Waals surface area contributed by atoms with Crippen LogP contribution in [-0.2, 0) is 0 Å². The zero-order valence-corrected chi connectivity index (χ0v) is 8.78. The number of hydrogen-bond donors (Lipinski definition) is 1. The third-order valence-electron chi connectivity index (χ3n) is 2.43. The molecule has 5 nitrogen and oxygen atoms in total. The minimum Gasteiger partial charge on any atom is -0.364 e. The van der Waals surface area contributed by atoms with Crippen LogP contribution >= 0.6 is 0 Å². The summed E-state index contributed by atoms with van der Waals surface area (Å²) in [6, 6.07) is 3.16. The molecule has 0 atom stereocenters. The van der Waals surface area contributed by atoms with Crippen molar-refractivity contribution in [2.45, 2.75) is 0 Å². The van der Waals surface area contributed by atoms with Gasteiger partial charge in [0.1, 0.15) is 12.0 Å². The number of H-pyrrole nitrogens is 1. The molecule has 0 radical (unpaired) electrons. The van der Waals surface area contributed by atoms with E-state index < -0.39 is 17.2 Å². The van der Waals surface area contributed by atoms with Gasteiger partial charge in [0, 0.05) is 12.1 Å². The van der Waals surface area contributed by atoms with Crippen LogP contribution < -0.4 is 5.56 Å². The molecule has 0 unspecified atom stereocenters. The van der Waals surface area contributed by atoms with Gasteiger partial charge in [-0.2, -0.15) is 0 Å². The number of benzene rings is 1. The van der Waals surface area contributed by atoms with Crippen molar-refractivity contribution in [2.24, 2.45) is 0 Å². The van der Waals surface area contributed by atoms with E-state index >= 15 is 0 Å². The Hall–Kier alpha value is -2.57. The van der Waals surface area contributed by atoms with Gasteiger partial charge in [0.2, 0.25) is 0 Å². The van der Waals surface area contributed by atoms with Crippen molar-refractivity contribution in [3.8, 4) is 11.5 Å². The lowest BCUT2D eigenvalue weighted by molar-refractivity contribution is 0.422. The fourth-order valence-corrected chi connectivity index (χ4v) is 1.59. The molecule has 0 amide bonds. The van der Waals surface area contributed by atoms with E-state index in [4.69, 9.17) is 0 Å². The van der Waals surface area contributed by atoms with Gasteiger partial charge in [-0.25, -0.2) is 13.8 Å². The molecule has 2 aromatic heterocycles. The molecule has 3 aromatic rings. The van der Waals surface area contributed by atoms with Crippen molar-refractivity contribution in [2.75, 3.05) is 0 Å². The maximum absolute atomic E-state index is 13.1. The number of nitrogens with one attached hydrogen (secondary N) is 1. The van der Waals surface area contributed by atoms with Crippen LogP contribution in [0.3, 0.4) is 0 Å². The number of fused-ring (bicyclic) bond motifs is 1. The van der Waals surface area contributed by atoms with E-state index in [1.807, 2.05) is 0 Å². The zero-order valence-electron chi connectivity index (χ0n) is 8.78. The topological polar surface area (TPSA) is 71.8 Å². The smallest absolute Gasteiger partial charge is 0.259 e. The van der Waals surface area contributed by atoms with Gasteiger partial charge in [0.15, 0.2) is 17.5 Å². The minimum atomic E-state index is -1.09. The first-order valence-corrected chi connectivity index (χ1v) is 4.95. The predicted molar refractivity (Wildman–Crippen MR) is 57.8 cm³/mol. The number of aromatic amines is 1. The number of halogens is 2. The molecule has 0 saturated heterocycles. The highest BCUT2D eigenvalue weighted by molar-refractivity contribution is 5.79. The summed E-state index contributed by atoms with van der Waals surface area (Å²) in [6.45, 7) is 0. The van der Waals surface area contributed by atoms with E-state index in [1.54, 1.807) is 0 Å². The van der Waals surface area contributed by atoms with Crippen LogP contribution in [0.25, 0.3) is 22.4 Å². The maximum Gasteiger partial charge on any atom is 0.259 e. The van der Waals surface area contributed by atoms with Crippen LogP contribution in [-0.4, -0.2) is 15.1 Å². The summed E-state index contributed by atoms with van der Waals surface area (Å²) in [5.74, 6) is -2.03. The number of hydrogen-bond acceptors (Lipinski definition) is 4. The van der Waals surface area contributed by atoms with Gasteiger partial charge in [-0.1, -0.05) is 5.16 Å². The van der Waals surface area contributed by atoms with E-state index in [1.165, 1.54) is 12.3 Å². The number of rotatable bonds is 1. The van der Waals surface area contributed by atoms with Crippen molar-refractivity contribution >= 4 is 10.9 Å². The summed E-state index contributed by atoms with van der Waals surface area (Å²) < 4.78 is 30.7. The molecule has 7 heteroatoms. The van der Waals surface area contributed by atoms with E-state index in [9.17, 15) is 13.6 Å². The normalized spacial score (nSPS) is 11.0. The summed E-state index contributed by atoms with van der Waals surface area (Å²) in [5, 5.41) is 3.57. The van der Waals surface area contributed by atoms with Crippen molar-refractivity contribution in [3.63, 3.8) is 0 Å². The molecule has 1 aromatic carbocycles. The molecule has 0 fully saturated rings. The van der Waals surface area contributed by atoms with Crippen molar-refractivity contribution < 1.29 is 13.3 Å². The van der Waals surface area contributed by atoms with Crippen LogP contribution in [0.5, 0.6) is 0 Å². The molecule has 0 spiro atoms. The Morgan fingerprint density at radius 1 is 1.22 bits per heavy atom. The Morgan fingerprint density at radius 3 is 2.72 bits per heavy atom. The van der Waals surface area contributed by atoms with Gasteiger partial charge < -0.3 is 9.51 Å². The second-order valence-corrected chi connectivity index (χ2v) is 3.58. The van der Waals surface area contributed by atoms with Gasteiger partial charge in [-0.3, -0.25) is 4.79 Å². The number of aromatic nitrogens is 3. The van der Waals surface area contributed by atoms with Crippen LogP contribution in [0, 0.1) is 11.6 Å². The maximum atomic E-state index is 13.1. The molecule has 2 heterocycles. The Bertz CT molecular complexity index is 781. The van der Waals surface area contributed by atoms with Gasteiger partial charge in [0.05, 0.1) is 10.9 Å². The molecule has 3 rings (SSSR count). The lowest BCUT2D eigenvalue weighted by Gasteiger charge is -2.00. The Balaban J connectivity index is 2.34. The molecular weight excluding hydrogens is 244 g/mol. The third-order valence-corrected chi connectivity index (χ3v) is 2.43. The Kier molecular flexibility index (Phi) is 2.19. The molecule has 0 aliphatic rings. The highest BCUT2D eigenvalue weighted by Crippen LogP contribution is 2.17. The van der Waals surface area contributed by atoms with Crippen molar-refractivity contribution in [1.82, 2.24) is 15.1 Å². The van der Waals surface area contributed by atoms with Gasteiger partial charge in [-0.15, -0.1) is 0 Å². The number of nitrogens with zero attached hydrogens (tertiary/aromatic N) is 2. The van der Waals surface area contributed by atoms with E-state index in [0.29, 0.717) is 5.69 Å². The Labute approximate surface area is 98.1 Å². The fraction of sp³-hybridized carbons (Fsp3) is 0. The first kappa shape index (κ1) is 10.6. The largest absolute Gasteiger partial charge is 0.364 e. The van der Waals surface area contributed by atoms with Crippen LogP contribution in [0.1, 0.15) is 0 Å². The first-order chi connectivity index (χ1) is 8.65. The lowest BCUT2D eigenvalue weighted by atomic mass is 10.2. The van der Waals surface area contributed by atoms with Gasteiger partial charge in [-0.05, 0) is 6.07 Å². The highest BCUT2D eigenvalue weighted by Gasteiger charge is 2.11. The van der Waals surface area contributed by atoms with Crippen LogP contribution in [0.4, 0.5) is 8.78 Å². The van der Waals surface area contributed by atoms with E-state index in [0.717, 1.165) is 12.1 Å². The molecule has 1 N–H and O–H groups in total. The van der Waals surface area contributed by atoms with Gasteiger partial charge >= 0.3 is 0 Å². The zero-order chi connectivity index (χ0) is 12.7. The molecule has 0 aliphatic heterocycles. The monoisotopic (exact) mass is 249 g/mol. The molecule has 0 aliphatic carbocycles. The minimum absolute atomic E-state index is 0.0267. The predicted octanol–water partition coefficient (Wildman–Crippen LogP) is 1.86. The third kappa shape index (κ3) is 1.56. The van der Waals surface area contributed by atoms with Crippen molar-refractivity contribution in [1.29, 1.82) is 0 Å². The summed E-state index contributed by atoms with van der Waals surface area (Å²) >= 11 is 0. The second kappa shape index (κ2) is 3.73. The fourth-order valence-electron chi connectivity index (χ4n) is 1.59. The molecule has 18 heavy (non-hydrogen) atoms. The molecular formula is C11H5F2N3O2. The Morgan fingerprint density at radius 2 is 2.00 bits per heavy atom. The van der Waals surface area contributed by atoms with Crippen LogP contribution in [0.2, 0.25) is 0 Å². The quantitative estimate of drug-likeness (QED) is 0.714. The van der Waals surface area contributed by atoms with Crippen LogP contribution in [0.15, 0.2) is 33.8 Å².